The van der Waals surface area contributed by atoms with Crippen LogP contribution in [0.3, 0.4) is 0 Å². The van der Waals surface area contributed by atoms with Crippen molar-refractivity contribution in [2.24, 2.45) is 0 Å². The molecule has 0 atom stereocenters. The van der Waals surface area contributed by atoms with Crippen molar-refractivity contribution in [3.63, 3.8) is 0 Å². The Labute approximate surface area is 164 Å². The Kier molecular flexibility index (Phi) is 4.84. The highest BCUT2D eigenvalue weighted by Crippen LogP contribution is 2.29. The highest BCUT2D eigenvalue weighted by Gasteiger charge is 2.26. The Morgan fingerprint density at radius 1 is 1.21 bits per heavy atom. The Morgan fingerprint density at radius 3 is 2.82 bits per heavy atom. The molecule has 9 heteroatoms. The Morgan fingerprint density at radius 2 is 2.07 bits per heavy atom. The first-order valence-electron chi connectivity index (χ1n) is 8.68. The van der Waals surface area contributed by atoms with E-state index in [0.717, 1.165) is 22.0 Å². The van der Waals surface area contributed by atoms with Crippen molar-refractivity contribution in [2.45, 2.75) is 19.9 Å². The molecule has 0 aliphatic carbocycles. The van der Waals surface area contributed by atoms with Crippen molar-refractivity contribution in [1.82, 2.24) is 25.3 Å². The van der Waals surface area contributed by atoms with Crippen LogP contribution in [0.5, 0.6) is 0 Å². The zero-order valence-corrected chi connectivity index (χ0v) is 15.9. The number of hydroxylamine groups is 1. The molecule has 0 saturated heterocycles. The number of thiazole rings is 1. The number of aryl methyl sites for hydroxylation is 1. The van der Waals surface area contributed by atoms with Gasteiger partial charge in [0.1, 0.15) is 15.6 Å². The molecule has 4 rings (SSSR count). The molecule has 0 bridgehead atoms. The first-order chi connectivity index (χ1) is 13.6. The highest BCUT2D eigenvalue weighted by atomic mass is 32.1. The van der Waals surface area contributed by atoms with Crippen molar-refractivity contribution < 1.29 is 14.8 Å². The molecule has 0 unspecified atom stereocenters. The topological polar surface area (TPSA) is 108 Å². The number of amides is 2. The molecule has 0 radical (unpaired) electrons. The van der Waals surface area contributed by atoms with Gasteiger partial charge < -0.3 is 4.90 Å². The SMILES string of the molecule is Cc1nc(-c2ccccn2)sc1C(=O)N1CCc2nc(C(=O)NO)ccc2C1. The second-order valence-electron chi connectivity index (χ2n) is 6.37. The lowest BCUT2D eigenvalue weighted by atomic mass is 10.0. The fourth-order valence-corrected chi connectivity index (χ4v) is 4.12. The van der Waals surface area contributed by atoms with Gasteiger partial charge in [-0.25, -0.2) is 15.4 Å². The predicted octanol–water partition coefficient (Wildman–Crippen LogP) is 2.23. The van der Waals surface area contributed by atoms with Crippen LogP contribution < -0.4 is 5.48 Å². The van der Waals surface area contributed by atoms with Crippen LogP contribution in [0, 0.1) is 6.92 Å². The minimum atomic E-state index is -0.649. The van der Waals surface area contributed by atoms with Gasteiger partial charge in [-0.15, -0.1) is 11.3 Å². The van der Waals surface area contributed by atoms with Gasteiger partial charge >= 0.3 is 0 Å². The van der Waals surface area contributed by atoms with Crippen molar-refractivity contribution in [2.75, 3.05) is 6.54 Å². The third kappa shape index (κ3) is 3.37. The largest absolute Gasteiger partial charge is 0.333 e. The number of hydrogen-bond donors (Lipinski definition) is 2. The van der Waals surface area contributed by atoms with E-state index in [1.807, 2.05) is 25.1 Å². The summed E-state index contributed by atoms with van der Waals surface area (Å²) in [6, 6.07) is 8.90. The molecule has 3 aromatic rings. The summed E-state index contributed by atoms with van der Waals surface area (Å²) >= 11 is 1.34. The van der Waals surface area contributed by atoms with Crippen LogP contribution in [0.4, 0.5) is 0 Å². The van der Waals surface area contributed by atoms with Gasteiger partial charge in [0.05, 0.1) is 11.4 Å². The molecule has 0 aromatic carbocycles. The van der Waals surface area contributed by atoms with Gasteiger partial charge in [0, 0.05) is 31.4 Å². The molecule has 2 amide bonds. The summed E-state index contributed by atoms with van der Waals surface area (Å²) in [6.07, 6.45) is 2.24. The molecule has 4 heterocycles. The standard InChI is InChI=1S/C19H17N5O3S/c1-11-16(28-18(21-11)15-4-2-3-8-20-15)19(26)24-9-7-13-12(10-24)5-6-14(22-13)17(25)23-27/h2-6,8,27H,7,9-10H2,1H3,(H,23,25). The first-order valence-corrected chi connectivity index (χ1v) is 9.50. The monoisotopic (exact) mass is 395 g/mol. The maximum absolute atomic E-state index is 13.1. The molecular weight excluding hydrogens is 378 g/mol. The fourth-order valence-electron chi connectivity index (χ4n) is 3.11. The van der Waals surface area contributed by atoms with E-state index >= 15 is 0 Å². The summed E-state index contributed by atoms with van der Waals surface area (Å²) in [7, 11) is 0. The minimum absolute atomic E-state index is 0.0694. The second-order valence-corrected chi connectivity index (χ2v) is 7.37. The van der Waals surface area contributed by atoms with Crippen LogP contribution in [0.2, 0.25) is 0 Å². The number of hydrogen-bond acceptors (Lipinski definition) is 7. The van der Waals surface area contributed by atoms with Crippen LogP contribution in [-0.2, 0) is 13.0 Å². The zero-order chi connectivity index (χ0) is 19.7. The van der Waals surface area contributed by atoms with E-state index in [4.69, 9.17) is 5.21 Å². The van der Waals surface area contributed by atoms with E-state index in [0.29, 0.717) is 30.1 Å². The lowest BCUT2D eigenvalue weighted by molar-refractivity contribution is 0.0696. The van der Waals surface area contributed by atoms with Gasteiger partial charge in [0.25, 0.3) is 11.8 Å². The van der Waals surface area contributed by atoms with Gasteiger partial charge in [-0.05, 0) is 30.7 Å². The van der Waals surface area contributed by atoms with Crippen molar-refractivity contribution in [3.05, 3.63) is 64.1 Å². The number of nitrogens with one attached hydrogen (secondary N) is 1. The molecule has 0 fully saturated rings. The normalized spacial score (nSPS) is 13.1. The zero-order valence-electron chi connectivity index (χ0n) is 15.0. The maximum Gasteiger partial charge on any atom is 0.293 e. The third-order valence-corrected chi connectivity index (χ3v) is 5.71. The fraction of sp³-hybridized carbons (Fsp3) is 0.211. The van der Waals surface area contributed by atoms with E-state index < -0.39 is 5.91 Å². The molecule has 0 saturated carbocycles. The molecule has 1 aliphatic rings. The number of nitrogens with zero attached hydrogens (tertiary/aromatic N) is 4. The van der Waals surface area contributed by atoms with Crippen molar-refractivity contribution in [3.8, 4) is 10.7 Å². The summed E-state index contributed by atoms with van der Waals surface area (Å²) in [6.45, 7) is 2.74. The molecule has 8 nitrogen and oxygen atoms in total. The predicted molar refractivity (Wildman–Crippen MR) is 102 cm³/mol. The molecular formula is C19H17N5O3S. The Bertz CT molecular complexity index is 1050. The molecule has 28 heavy (non-hydrogen) atoms. The van der Waals surface area contributed by atoms with E-state index in [-0.39, 0.29) is 11.6 Å². The van der Waals surface area contributed by atoms with Crippen LogP contribution in [0.1, 0.15) is 37.1 Å². The van der Waals surface area contributed by atoms with Gasteiger partial charge in [-0.2, -0.15) is 0 Å². The van der Waals surface area contributed by atoms with Gasteiger partial charge in [0.15, 0.2) is 0 Å². The van der Waals surface area contributed by atoms with E-state index in [1.54, 1.807) is 22.6 Å². The smallest absolute Gasteiger partial charge is 0.293 e. The quantitative estimate of drug-likeness (QED) is 0.520. The second kappa shape index (κ2) is 7.45. The average Bonchev–Trinajstić information content (AvgIpc) is 3.14. The Hall–Kier alpha value is -3.17. The lowest BCUT2D eigenvalue weighted by Crippen LogP contribution is -2.36. The molecule has 2 N–H and O–H groups in total. The number of rotatable bonds is 3. The van der Waals surface area contributed by atoms with Crippen molar-refractivity contribution >= 4 is 23.2 Å². The molecule has 0 spiro atoms. The molecule has 142 valence electrons. The number of aromatic nitrogens is 3. The summed E-state index contributed by atoms with van der Waals surface area (Å²) in [5.41, 5.74) is 4.83. The number of carbonyl (C=O) groups is 2. The van der Waals surface area contributed by atoms with Crippen LogP contribution in [0.25, 0.3) is 10.7 Å². The first kappa shape index (κ1) is 18.2. The Balaban J connectivity index is 1.56. The highest BCUT2D eigenvalue weighted by molar-refractivity contribution is 7.17. The number of carbonyl (C=O) groups excluding carboxylic acids is 2. The van der Waals surface area contributed by atoms with Crippen LogP contribution in [-0.4, -0.2) is 43.4 Å². The van der Waals surface area contributed by atoms with Gasteiger partial charge in [0.2, 0.25) is 0 Å². The van der Waals surface area contributed by atoms with Crippen LogP contribution in [0.15, 0.2) is 36.5 Å². The lowest BCUT2D eigenvalue weighted by Gasteiger charge is -2.28. The minimum Gasteiger partial charge on any atom is -0.333 e. The summed E-state index contributed by atoms with van der Waals surface area (Å²) < 4.78 is 0. The number of fused-ring (bicyclic) bond motifs is 1. The number of pyridine rings is 2. The van der Waals surface area contributed by atoms with Crippen LogP contribution >= 0.6 is 11.3 Å². The summed E-state index contributed by atoms with van der Waals surface area (Å²) in [5.74, 6) is -0.719. The average molecular weight is 395 g/mol. The molecule has 1 aliphatic heterocycles. The third-order valence-electron chi connectivity index (χ3n) is 4.54. The van der Waals surface area contributed by atoms with E-state index in [1.165, 1.54) is 17.4 Å². The molecule has 3 aromatic heterocycles. The van der Waals surface area contributed by atoms with Gasteiger partial charge in [-0.3, -0.25) is 19.8 Å². The van der Waals surface area contributed by atoms with E-state index in [2.05, 4.69) is 15.0 Å². The van der Waals surface area contributed by atoms with E-state index in [9.17, 15) is 9.59 Å². The summed E-state index contributed by atoms with van der Waals surface area (Å²) in [5, 5.41) is 9.46. The summed E-state index contributed by atoms with van der Waals surface area (Å²) in [4.78, 5) is 40.0. The van der Waals surface area contributed by atoms with Crippen molar-refractivity contribution in [1.29, 1.82) is 0 Å². The maximum atomic E-state index is 13.1. The van der Waals surface area contributed by atoms with Gasteiger partial charge in [-0.1, -0.05) is 12.1 Å².